The third-order valence-corrected chi connectivity index (χ3v) is 2.87. The van der Waals surface area contributed by atoms with Crippen LogP contribution in [-0.2, 0) is 20.2 Å². The first-order valence-electron chi connectivity index (χ1n) is 5.66. The van der Waals surface area contributed by atoms with E-state index >= 15 is 0 Å². The van der Waals surface area contributed by atoms with E-state index in [9.17, 15) is 5.11 Å². The van der Waals surface area contributed by atoms with Crippen molar-refractivity contribution in [2.75, 3.05) is 0 Å². The molecule has 92 valence electrons. The Morgan fingerprint density at radius 1 is 1.33 bits per heavy atom. The van der Waals surface area contributed by atoms with Crippen molar-refractivity contribution >= 4 is 11.0 Å². The highest BCUT2D eigenvalue weighted by Gasteiger charge is 2.09. The summed E-state index contributed by atoms with van der Waals surface area (Å²) in [6.45, 7) is 0.608. The zero-order valence-corrected chi connectivity index (χ0v) is 9.98. The standard InChI is InChI=1S/C12H13N5O/c1-16-6-10(14-15-16)7-17-5-9(8-18)11-3-2-4-13-12(11)17/h2-6,18H,7-8H2,1H3. The zero-order chi connectivity index (χ0) is 12.5. The van der Waals surface area contributed by atoms with E-state index in [0.717, 1.165) is 22.3 Å². The molecule has 18 heavy (non-hydrogen) atoms. The number of fused-ring (bicyclic) bond motifs is 1. The normalized spacial score (nSPS) is 11.2. The molecule has 0 aliphatic rings. The number of aromatic nitrogens is 5. The largest absolute Gasteiger partial charge is 0.392 e. The maximum absolute atomic E-state index is 9.35. The highest BCUT2D eigenvalue weighted by atomic mass is 16.3. The Morgan fingerprint density at radius 2 is 2.22 bits per heavy atom. The Hall–Kier alpha value is -2.21. The first kappa shape index (κ1) is 10.9. The van der Waals surface area contributed by atoms with Crippen molar-refractivity contribution in [2.45, 2.75) is 13.2 Å². The molecule has 6 nitrogen and oxygen atoms in total. The highest BCUT2D eigenvalue weighted by Crippen LogP contribution is 2.19. The van der Waals surface area contributed by atoms with E-state index in [1.165, 1.54) is 0 Å². The summed E-state index contributed by atoms with van der Waals surface area (Å²) in [5.41, 5.74) is 2.60. The molecule has 0 spiro atoms. The topological polar surface area (TPSA) is 68.8 Å². The van der Waals surface area contributed by atoms with Crippen LogP contribution < -0.4 is 0 Å². The Labute approximate surface area is 103 Å². The van der Waals surface area contributed by atoms with Gasteiger partial charge in [0.05, 0.1) is 13.2 Å². The number of hydrogen-bond donors (Lipinski definition) is 1. The zero-order valence-electron chi connectivity index (χ0n) is 9.98. The smallest absolute Gasteiger partial charge is 0.140 e. The van der Waals surface area contributed by atoms with Crippen LogP contribution in [0.3, 0.4) is 0 Å². The summed E-state index contributed by atoms with van der Waals surface area (Å²) in [5.74, 6) is 0. The first-order valence-corrected chi connectivity index (χ1v) is 5.66. The molecular weight excluding hydrogens is 230 g/mol. The van der Waals surface area contributed by atoms with Gasteiger partial charge in [-0.3, -0.25) is 4.68 Å². The fraction of sp³-hybridized carbons (Fsp3) is 0.250. The minimum atomic E-state index is 0.00958. The lowest BCUT2D eigenvalue weighted by atomic mass is 10.2. The van der Waals surface area contributed by atoms with Gasteiger partial charge in [0.2, 0.25) is 0 Å². The average molecular weight is 243 g/mol. The predicted octanol–water partition coefficient (Wildman–Crippen LogP) is 0.705. The molecule has 0 bridgehead atoms. The number of rotatable bonds is 3. The molecule has 0 fully saturated rings. The fourth-order valence-electron chi connectivity index (χ4n) is 2.08. The minimum Gasteiger partial charge on any atom is -0.392 e. The van der Waals surface area contributed by atoms with Crippen molar-refractivity contribution in [3.8, 4) is 0 Å². The monoisotopic (exact) mass is 243 g/mol. The summed E-state index contributed by atoms with van der Waals surface area (Å²) in [7, 11) is 1.83. The van der Waals surface area contributed by atoms with Gasteiger partial charge in [0, 0.05) is 36.6 Å². The van der Waals surface area contributed by atoms with E-state index in [1.54, 1.807) is 10.9 Å². The summed E-state index contributed by atoms with van der Waals surface area (Å²) in [4.78, 5) is 4.35. The van der Waals surface area contributed by atoms with Gasteiger partial charge in [0.25, 0.3) is 0 Å². The van der Waals surface area contributed by atoms with Gasteiger partial charge < -0.3 is 9.67 Å². The van der Waals surface area contributed by atoms with Gasteiger partial charge in [-0.25, -0.2) is 4.98 Å². The van der Waals surface area contributed by atoms with Crippen LogP contribution in [-0.4, -0.2) is 29.7 Å². The summed E-state index contributed by atoms with van der Waals surface area (Å²) in [5, 5.41) is 18.3. The fourth-order valence-corrected chi connectivity index (χ4v) is 2.08. The number of aliphatic hydroxyl groups is 1. The summed E-state index contributed by atoms with van der Waals surface area (Å²) < 4.78 is 3.65. The molecule has 0 aromatic carbocycles. The van der Waals surface area contributed by atoms with E-state index in [0.29, 0.717) is 6.54 Å². The SMILES string of the molecule is Cn1cc(Cn2cc(CO)c3cccnc32)nn1. The molecule has 1 N–H and O–H groups in total. The Kier molecular flexibility index (Phi) is 2.56. The number of hydrogen-bond acceptors (Lipinski definition) is 4. The van der Waals surface area contributed by atoms with Gasteiger partial charge >= 0.3 is 0 Å². The Bertz CT molecular complexity index is 685. The van der Waals surface area contributed by atoms with Crippen LogP contribution in [0.1, 0.15) is 11.3 Å². The van der Waals surface area contributed by atoms with Gasteiger partial charge in [-0.1, -0.05) is 5.21 Å². The van der Waals surface area contributed by atoms with Crippen molar-refractivity contribution in [3.05, 3.63) is 42.0 Å². The first-order chi connectivity index (χ1) is 8.78. The summed E-state index contributed by atoms with van der Waals surface area (Å²) >= 11 is 0. The van der Waals surface area contributed by atoms with E-state index in [1.807, 2.05) is 36.1 Å². The number of aliphatic hydroxyl groups excluding tert-OH is 1. The lowest BCUT2D eigenvalue weighted by Gasteiger charge is -2.00. The second-order valence-electron chi connectivity index (χ2n) is 4.20. The van der Waals surface area contributed by atoms with Crippen LogP contribution in [0.5, 0.6) is 0 Å². The molecule has 0 saturated carbocycles. The molecule has 0 aliphatic heterocycles. The number of aryl methyl sites for hydroxylation is 1. The van der Waals surface area contributed by atoms with Gasteiger partial charge in [0.1, 0.15) is 11.3 Å². The van der Waals surface area contributed by atoms with Crippen LogP contribution in [0.25, 0.3) is 11.0 Å². The molecule has 0 atom stereocenters. The third kappa shape index (κ3) is 1.76. The molecule has 3 aromatic heterocycles. The van der Waals surface area contributed by atoms with Gasteiger partial charge in [0.15, 0.2) is 0 Å². The van der Waals surface area contributed by atoms with Crippen molar-refractivity contribution in [3.63, 3.8) is 0 Å². The molecule has 3 aromatic rings. The number of nitrogens with zero attached hydrogens (tertiary/aromatic N) is 5. The van der Waals surface area contributed by atoms with E-state index < -0.39 is 0 Å². The molecule has 0 amide bonds. The maximum Gasteiger partial charge on any atom is 0.140 e. The summed E-state index contributed by atoms with van der Waals surface area (Å²) in [6.07, 6.45) is 5.52. The highest BCUT2D eigenvalue weighted by molar-refractivity contribution is 5.80. The Balaban J connectivity index is 2.06. The van der Waals surface area contributed by atoms with Crippen LogP contribution in [0.2, 0.25) is 0 Å². The average Bonchev–Trinajstić information content (AvgIpc) is 2.95. The quantitative estimate of drug-likeness (QED) is 0.735. The molecule has 0 aliphatic carbocycles. The molecule has 0 saturated heterocycles. The summed E-state index contributed by atoms with van der Waals surface area (Å²) in [6, 6.07) is 3.83. The molecule has 0 radical (unpaired) electrons. The minimum absolute atomic E-state index is 0.00958. The molecular formula is C12H13N5O. The van der Waals surface area contributed by atoms with Crippen molar-refractivity contribution in [1.29, 1.82) is 0 Å². The van der Waals surface area contributed by atoms with Crippen molar-refractivity contribution < 1.29 is 5.11 Å². The van der Waals surface area contributed by atoms with Crippen LogP contribution in [0.15, 0.2) is 30.7 Å². The van der Waals surface area contributed by atoms with Crippen LogP contribution in [0, 0.1) is 0 Å². The molecule has 3 rings (SSSR count). The van der Waals surface area contributed by atoms with Crippen molar-refractivity contribution in [1.82, 2.24) is 24.5 Å². The predicted molar refractivity (Wildman–Crippen MR) is 65.8 cm³/mol. The van der Waals surface area contributed by atoms with Gasteiger partial charge in [-0.05, 0) is 12.1 Å². The third-order valence-electron chi connectivity index (χ3n) is 2.87. The lowest BCUT2D eigenvalue weighted by molar-refractivity contribution is 0.283. The maximum atomic E-state index is 9.35. The number of pyridine rings is 1. The van der Waals surface area contributed by atoms with Crippen LogP contribution >= 0.6 is 0 Å². The van der Waals surface area contributed by atoms with Crippen LogP contribution in [0.4, 0.5) is 0 Å². The van der Waals surface area contributed by atoms with Gasteiger partial charge in [-0.2, -0.15) is 0 Å². The Morgan fingerprint density at radius 3 is 2.94 bits per heavy atom. The van der Waals surface area contributed by atoms with Gasteiger partial charge in [-0.15, -0.1) is 5.10 Å². The van der Waals surface area contributed by atoms with Crippen molar-refractivity contribution in [2.24, 2.45) is 7.05 Å². The van der Waals surface area contributed by atoms with E-state index in [-0.39, 0.29) is 6.61 Å². The molecule has 0 unspecified atom stereocenters. The van der Waals surface area contributed by atoms with E-state index in [4.69, 9.17) is 0 Å². The molecule has 3 heterocycles. The second kappa shape index (κ2) is 4.23. The second-order valence-corrected chi connectivity index (χ2v) is 4.20. The van der Waals surface area contributed by atoms with E-state index in [2.05, 4.69) is 15.3 Å². The lowest BCUT2D eigenvalue weighted by Crippen LogP contribution is -1.99. The molecule has 6 heteroatoms.